The minimum atomic E-state index is 0.876. The van der Waals surface area contributed by atoms with Gasteiger partial charge in [0, 0.05) is 43.7 Å². The predicted molar refractivity (Wildman–Crippen MR) is 216 cm³/mol. The van der Waals surface area contributed by atoms with Crippen LogP contribution in [-0.2, 0) is 0 Å². The fourth-order valence-corrected chi connectivity index (χ4v) is 8.93. The summed E-state index contributed by atoms with van der Waals surface area (Å²) in [7, 11) is 0. The zero-order valence-corrected chi connectivity index (χ0v) is 27.5. The normalized spacial score (nSPS) is 12.3. The van der Waals surface area contributed by atoms with Gasteiger partial charge in [-0.2, -0.15) is 0 Å². The van der Waals surface area contributed by atoms with E-state index in [-0.39, 0.29) is 0 Å². The number of benzene rings is 9. The van der Waals surface area contributed by atoms with E-state index in [0.717, 1.165) is 39.0 Å². The Kier molecular flexibility index (Phi) is 5.23. The Morgan fingerprint density at radius 2 is 0.843 bits per heavy atom. The molecule has 0 bridgehead atoms. The second-order valence-electron chi connectivity index (χ2n) is 13.7. The van der Waals surface area contributed by atoms with Gasteiger partial charge in [0.15, 0.2) is 5.58 Å². The molecule has 0 saturated heterocycles. The maximum absolute atomic E-state index is 6.74. The second kappa shape index (κ2) is 9.87. The fraction of sp³-hybridized carbons (Fsp3) is 0. The van der Waals surface area contributed by atoms with Gasteiger partial charge in [0.1, 0.15) is 5.58 Å². The molecule has 51 heavy (non-hydrogen) atoms. The smallest absolute Gasteiger partial charge is 0.159 e. The molecule has 12 rings (SSSR count). The van der Waals surface area contributed by atoms with Crippen molar-refractivity contribution in [2.45, 2.75) is 0 Å². The molecule has 3 nitrogen and oxygen atoms in total. The zero-order valence-electron chi connectivity index (χ0n) is 27.5. The largest absolute Gasteiger partial charge is 0.454 e. The Labute approximate surface area is 292 Å². The predicted octanol–water partition coefficient (Wildman–Crippen LogP) is 13.7. The second-order valence-corrected chi connectivity index (χ2v) is 13.7. The van der Waals surface area contributed by atoms with Crippen molar-refractivity contribution in [1.82, 2.24) is 4.40 Å². The molecular formula is C48H28N2O. The Morgan fingerprint density at radius 1 is 0.353 bits per heavy atom. The highest BCUT2D eigenvalue weighted by Gasteiger charge is 2.24. The van der Waals surface area contributed by atoms with Gasteiger partial charge in [-0.1, -0.05) is 121 Å². The Bertz CT molecular complexity index is 3270. The number of furan rings is 1. The third kappa shape index (κ3) is 3.57. The zero-order chi connectivity index (χ0) is 33.2. The van der Waals surface area contributed by atoms with Crippen LogP contribution in [0.15, 0.2) is 174 Å². The lowest BCUT2D eigenvalue weighted by molar-refractivity contribution is 0.669. The topological polar surface area (TPSA) is 20.8 Å². The van der Waals surface area contributed by atoms with E-state index in [1.54, 1.807) is 0 Å². The quantitative estimate of drug-likeness (QED) is 0.178. The Hall–Kier alpha value is -6.84. The molecule has 0 unspecified atom stereocenters. The SMILES string of the molecule is c1ccc2c(c1)oc1c(N(c3ccc4c5ccccc5c5ccccc5c4c3)c3cc4c5ccccc5n5c6ccccc6c(c3)c45)cccc12. The molecule has 0 amide bonds. The van der Waals surface area contributed by atoms with Crippen molar-refractivity contribution < 1.29 is 4.42 Å². The van der Waals surface area contributed by atoms with Gasteiger partial charge < -0.3 is 13.7 Å². The minimum Gasteiger partial charge on any atom is -0.454 e. The van der Waals surface area contributed by atoms with Crippen LogP contribution in [0.2, 0.25) is 0 Å². The first kappa shape index (κ1) is 27.0. The fourth-order valence-electron chi connectivity index (χ4n) is 8.93. The molecule has 0 fully saturated rings. The lowest BCUT2D eigenvalue weighted by atomic mass is 9.94. The van der Waals surface area contributed by atoms with Gasteiger partial charge in [0.05, 0.1) is 22.2 Å². The summed E-state index contributed by atoms with van der Waals surface area (Å²) in [6.45, 7) is 0. The van der Waals surface area contributed by atoms with Crippen LogP contribution in [0.3, 0.4) is 0 Å². The van der Waals surface area contributed by atoms with Crippen molar-refractivity contribution in [2.75, 3.05) is 4.90 Å². The van der Waals surface area contributed by atoms with Crippen LogP contribution in [0.25, 0.3) is 92.4 Å². The molecule has 236 valence electrons. The number of rotatable bonds is 3. The standard InChI is InChI=1S/C48H28N2O/c1-2-14-33-31(12-1)32-13-3-4-15-34(32)40-26-29(24-25-35(33)40)49(45-22-11-19-39-38-18-7-10-23-46(38)51-48(39)45)30-27-41-36-16-5-8-20-43(36)50-44-21-9-6-17-37(44)42(28-30)47(41)50/h1-28H. The monoisotopic (exact) mass is 648 g/mol. The molecule has 0 aliphatic rings. The summed E-state index contributed by atoms with van der Waals surface area (Å²) < 4.78 is 9.18. The molecule has 0 atom stereocenters. The van der Waals surface area contributed by atoms with Crippen molar-refractivity contribution in [2.24, 2.45) is 0 Å². The van der Waals surface area contributed by atoms with E-state index < -0.39 is 0 Å². The number of hydrogen-bond acceptors (Lipinski definition) is 2. The minimum absolute atomic E-state index is 0.876. The van der Waals surface area contributed by atoms with E-state index >= 15 is 0 Å². The molecule has 3 heteroatoms. The average Bonchev–Trinajstić information content (AvgIpc) is 3.85. The summed E-state index contributed by atoms with van der Waals surface area (Å²) in [5, 5.41) is 14.8. The molecule has 0 aliphatic heterocycles. The van der Waals surface area contributed by atoms with Crippen LogP contribution < -0.4 is 4.90 Å². The van der Waals surface area contributed by atoms with E-state index in [1.165, 1.54) is 70.4 Å². The molecular weight excluding hydrogens is 621 g/mol. The van der Waals surface area contributed by atoms with E-state index in [2.05, 4.69) is 173 Å². The van der Waals surface area contributed by atoms with Crippen molar-refractivity contribution >= 4 is 109 Å². The van der Waals surface area contributed by atoms with E-state index in [0.29, 0.717) is 0 Å². The summed E-state index contributed by atoms with van der Waals surface area (Å²) in [5.41, 5.74) is 8.67. The number of anilines is 3. The van der Waals surface area contributed by atoms with Gasteiger partial charge in [-0.3, -0.25) is 0 Å². The van der Waals surface area contributed by atoms with Crippen molar-refractivity contribution in [3.63, 3.8) is 0 Å². The number of nitrogens with zero attached hydrogens (tertiary/aromatic N) is 2. The van der Waals surface area contributed by atoms with E-state index in [1.807, 2.05) is 6.07 Å². The van der Waals surface area contributed by atoms with Gasteiger partial charge in [-0.05, 0) is 80.8 Å². The molecule has 0 radical (unpaired) electrons. The van der Waals surface area contributed by atoms with Crippen LogP contribution in [0.1, 0.15) is 0 Å². The first-order valence-electron chi connectivity index (χ1n) is 17.5. The third-order valence-corrected chi connectivity index (χ3v) is 11.1. The van der Waals surface area contributed by atoms with Crippen molar-refractivity contribution in [1.29, 1.82) is 0 Å². The number of fused-ring (bicyclic) bond motifs is 15. The first-order valence-corrected chi connectivity index (χ1v) is 17.5. The number of para-hydroxylation sites is 4. The highest BCUT2D eigenvalue weighted by Crippen LogP contribution is 2.48. The van der Waals surface area contributed by atoms with Crippen molar-refractivity contribution in [3.8, 4) is 0 Å². The first-order chi connectivity index (χ1) is 25.3. The lowest BCUT2D eigenvalue weighted by Crippen LogP contribution is -2.10. The van der Waals surface area contributed by atoms with Gasteiger partial charge in [0.2, 0.25) is 0 Å². The molecule has 0 spiro atoms. The summed E-state index contributed by atoms with van der Waals surface area (Å²) in [6.07, 6.45) is 0. The maximum atomic E-state index is 6.74. The molecule has 9 aromatic carbocycles. The van der Waals surface area contributed by atoms with E-state index in [4.69, 9.17) is 4.42 Å². The van der Waals surface area contributed by atoms with Crippen LogP contribution in [0.5, 0.6) is 0 Å². The van der Waals surface area contributed by atoms with Crippen LogP contribution in [0.4, 0.5) is 17.1 Å². The van der Waals surface area contributed by atoms with E-state index in [9.17, 15) is 0 Å². The molecule has 3 heterocycles. The Morgan fingerprint density at radius 3 is 1.49 bits per heavy atom. The van der Waals surface area contributed by atoms with Gasteiger partial charge in [-0.15, -0.1) is 0 Å². The highest BCUT2D eigenvalue weighted by atomic mass is 16.3. The third-order valence-electron chi connectivity index (χ3n) is 11.1. The molecule has 0 aliphatic carbocycles. The van der Waals surface area contributed by atoms with Crippen molar-refractivity contribution in [3.05, 3.63) is 170 Å². The van der Waals surface area contributed by atoms with Crippen LogP contribution >= 0.6 is 0 Å². The summed E-state index contributed by atoms with van der Waals surface area (Å²) in [5.74, 6) is 0. The summed E-state index contributed by atoms with van der Waals surface area (Å²) >= 11 is 0. The van der Waals surface area contributed by atoms with Gasteiger partial charge in [0.25, 0.3) is 0 Å². The number of aromatic nitrogens is 1. The van der Waals surface area contributed by atoms with Crippen LogP contribution in [-0.4, -0.2) is 4.40 Å². The van der Waals surface area contributed by atoms with Gasteiger partial charge >= 0.3 is 0 Å². The summed E-state index contributed by atoms with van der Waals surface area (Å²) in [4.78, 5) is 2.41. The Balaban J connectivity index is 1.23. The molecule has 12 aromatic rings. The maximum Gasteiger partial charge on any atom is 0.159 e. The molecule has 3 aromatic heterocycles. The molecule has 0 saturated carbocycles. The number of hydrogen-bond donors (Lipinski definition) is 0. The van der Waals surface area contributed by atoms with Gasteiger partial charge in [-0.25, -0.2) is 0 Å². The lowest BCUT2D eigenvalue weighted by Gasteiger charge is -2.26. The molecule has 0 N–H and O–H groups in total. The highest BCUT2D eigenvalue weighted by molar-refractivity contribution is 6.27. The summed E-state index contributed by atoms with van der Waals surface area (Å²) in [6, 6.07) is 61.8. The van der Waals surface area contributed by atoms with Crippen LogP contribution in [0, 0.1) is 0 Å². The average molecular weight is 649 g/mol.